The normalized spacial score (nSPS) is 26.4. The van der Waals surface area contributed by atoms with Gasteiger partial charge in [-0.3, -0.25) is 14.7 Å². The van der Waals surface area contributed by atoms with Crippen LogP contribution in [0.5, 0.6) is 0 Å². The van der Waals surface area contributed by atoms with Crippen LogP contribution in [0.15, 0.2) is 15.3 Å². The number of thiol groups is 1. The fraction of sp³-hybridized carbons (Fsp3) is 0.625. The summed E-state index contributed by atoms with van der Waals surface area (Å²) in [6.07, 6.45) is 0.658. The number of carbonyl (C=O) groups is 2. The first-order chi connectivity index (χ1) is 8.15. The van der Waals surface area contributed by atoms with Gasteiger partial charge in [-0.15, -0.1) is 5.11 Å². The van der Waals surface area contributed by atoms with Crippen molar-refractivity contribution in [3.05, 3.63) is 0 Å². The van der Waals surface area contributed by atoms with Crippen molar-refractivity contribution in [3.63, 3.8) is 0 Å². The molecule has 2 rings (SSSR count). The average Bonchev–Trinajstić information content (AvgIpc) is 2.75. The summed E-state index contributed by atoms with van der Waals surface area (Å²) in [6, 6.07) is -1.07. The molecule has 0 aromatic rings. The third kappa shape index (κ3) is 2.09. The Balaban J connectivity index is 2.09. The Hall–Kier alpha value is -1.64. The van der Waals surface area contributed by atoms with Gasteiger partial charge < -0.3 is 5.32 Å². The zero-order chi connectivity index (χ0) is 12.4. The topological polar surface area (TPSA) is 89.7 Å². The van der Waals surface area contributed by atoms with Crippen LogP contribution < -0.4 is 5.32 Å². The SMILES string of the molecule is CN1N=NC2C(C(=O)NCCS)N=CN2C1=O. The van der Waals surface area contributed by atoms with Crippen LogP contribution in [0.3, 0.4) is 0 Å². The van der Waals surface area contributed by atoms with Crippen LogP contribution in [0.2, 0.25) is 0 Å². The Morgan fingerprint density at radius 1 is 1.65 bits per heavy atom. The predicted octanol–water partition coefficient (Wildman–Crippen LogP) is -0.496. The molecule has 2 unspecified atom stereocenters. The summed E-state index contributed by atoms with van der Waals surface area (Å²) in [6.45, 7) is 0.450. The van der Waals surface area contributed by atoms with Gasteiger partial charge in [0, 0.05) is 19.3 Å². The summed E-state index contributed by atoms with van der Waals surface area (Å²) in [5.41, 5.74) is 0. The van der Waals surface area contributed by atoms with E-state index in [1.54, 1.807) is 0 Å². The van der Waals surface area contributed by atoms with Crippen molar-refractivity contribution in [2.75, 3.05) is 19.3 Å². The van der Waals surface area contributed by atoms with Crippen LogP contribution in [0.25, 0.3) is 0 Å². The van der Waals surface area contributed by atoms with Gasteiger partial charge in [-0.25, -0.2) is 4.79 Å². The first-order valence-electron chi connectivity index (χ1n) is 5.04. The molecule has 8 nitrogen and oxygen atoms in total. The van der Waals surface area contributed by atoms with E-state index in [9.17, 15) is 9.59 Å². The zero-order valence-corrected chi connectivity index (χ0v) is 10.0. The van der Waals surface area contributed by atoms with Crippen molar-refractivity contribution in [2.24, 2.45) is 15.3 Å². The van der Waals surface area contributed by atoms with E-state index in [1.807, 2.05) is 0 Å². The van der Waals surface area contributed by atoms with E-state index in [2.05, 4.69) is 33.3 Å². The molecule has 92 valence electrons. The second-order valence-electron chi connectivity index (χ2n) is 3.56. The summed E-state index contributed by atoms with van der Waals surface area (Å²) < 4.78 is 0. The number of hydrogen-bond acceptors (Lipinski definition) is 6. The van der Waals surface area contributed by atoms with Gasteiger partial charge in [0.2, 0.25) is 5.91 Å². The number of carbonyl (C=O) groups excluding carboxylic acids is 2. The van der Waals surface area contributed by atoms with Gasteiger partial charge in [0.25, 0.3) is 0 Å². The highest BCUT2D eigenvalue weighted by Gasteiger charge is 2.42. The molecule has 2 heterocycles. The van der Waals surface area contributed by atoms with Crippen LogP contribution in [0, 0.1) is 0 Å². The summed E-state index contributed by atoms with van der Waals surface area (Å²) in [5.74, 6) is 0.263. The molecule has 2 aliphatic heterocycles. The molecule has 0 saturated carbocycles. The van der Waals surface area contributed by atoms with E-state index in [1.165, 1.54) is 18.3 Å². The van der Waals surface area contributed by atoms with Crippen molar-refractivity contribution in [1.29, 1.82) is 0 Å². The smallest absolute Gasteiger partial charge is 0.348 e. The average molecular weight is 256 g/mol. The lowest BCUT2D eigenvalue weighted by Crippen LogP contribution is -2.50. The first kappa shape index (κ1) is 11.8. The maximum absolute atomic E-state index is 11.7. The van der Waals surface area contributed by atoms with Crippen molar-refractivity contribution < 1.29 is 9.59 Å². The van der Waals surface area contributed by atoms with E-state index in [0.29, 0.717) is 12.3 Å². The van der Waals surface area contributed by atoms with Gasteiger partial charge in [0.05, 0.1) is 6.34 Å². The summed E-state index contributed by atoms with van der Waals surface area (Å²) in [5, 5.41) is 11.3. The van der Waals surface area contributed by atoms with Gasteiger partial charge in [0.1, 0.15) is 0 Å². The molecule has 2 atom stereocenters. The highest BCUT2D eigenvalue weighted by Crippen LogP contribution is 2.21. The third-order valence-corrected chi connectivity index (χ3v) is 2.62. The molecule has 0 fully saturated rings. The minimum atomic E-state index is -0.726. The molecule has 0 radical (unpaired) electrons. The fourth-order valence-corrected chi connectivity index (χ4v) is 1.66. The molecule has 9 heteroatoms. The van der Waals surface area contributed by atoms with E-state index in [4.69, 9.17) is 0 Å². The van der Waals surface area contributed by atoms with Crippen LogP contribution >= 0.6 is 12.6 Å². The maximum atomic E-state index is 11.7. The largest absolute Gasteiger partial charge is 0.353 e. The van der Waals surface area contributed by atoms with Crippen molar-refractivity contribution in [3.8, 4) is 0 Å². The lowest BCUT2D eigenvalue weighted by atomic mass is 10.2. The lowest BCUT2D eigenvalue weighted by Gasteiger charge is -2.27. The number of nitrogens with one attached hydrogen (secondary N) is 1. The van der Waals surface area contributed by atoms with E-state index >= 15 is 0 Å². The first-order valence-corrected chi connectivity index (χ1v) is 5.67. The third-order valence-electron chi connectivity index (χ3n) is 2.40. The van der Waals surface area contributed by atoms with Crippen LogP contribution in [-0.4, -0.2) is 59.7 Å². The molecule has 0 aromatic heterocycles. The standard InChI is InChI=1S/C8H12N6O2S/c1-13-8(16)14-4-10-5(6(14)11-12-13)7(15)9-2-3-17/h4-6,17H,2-3H2,1H3,(H,9,15). The number of nitrogens with zero attached hydrogens (tertiary/aromatic N) is 5. The van der Waals surface area contributed by atoms with Crippen LogP contribution in [0.4, 0.5) is 4.79 Å². The number of aliphatic imine (C=N–C) groups is 1. The molecule has 1 N–H and O–H groups in total. The Labute approximate surface area is 103 Å². The molecule has 0 aliphatic carbocycles. The highest BCUT2D eigenvalue weighted by atomic mass is 32.1. The maximum Gasteiger partial charge on any atom is 0.348 e. The molecule has 0 bridgehead atoms. The Morgan fingerprint density at radius 3 is 3.12 bits per heavy atom. The number of rotatable bonds is 3. The van der Waals surface area contributed by atoms with Gasteiger partial charge in [-0.2, -0.15) is 17.6 Å². The molecule has 0 spiro atoms. The summed E-state index contributed by atoms with van der Waals surface area (Å²) >= 11 is 3.99. The Morgan fingerprint density at radius 2 is 2.41 bits per heavy atom. The second kappa shape index (κ2) is 4.70. The zero-order valence-electron chi connectivity index (χ0n) is 9.15. The molecule has 17 heavy (non-hydrogen) atoms. The Kier molecular flexibility index (Phi) is 3.27. The van der Waals surface area contributed by atoms with Crippen molar-refractivity contribution >= 4 is 30.9 Å². The molecular weight excluding hydrogens is 244 g/mol. The number of fused-ring (bicyclic) bond motifs is 1. The van der Waals surface area contributed by atoms with Gasteiger partial charge in [-0.05, 0) is 0 Å². The van der Waals surface area contributed by atoms with E-state index < -0.39 is 12.2 Å². The fourth-order valence-electron chi connectivity index (χ4n) is 1.54. The van der Waals surface area contributed by atoms with Crippen LogP contribution in [-0.2, 0) is 4.79 Å². The molecule has 0 aromatic carbocycles. The lowest BCUT2D eigenvalue weighted by molar-refractivity contribution is -0.122. The monoisotopic (exact) mass is 256 g/mol. The number of urea groups is 1. The molecule has 0 saturated heterocycles. The van der Waals surface area contributed by atoms with Crippen LogP contribution in [0.1, 0.15) is 0 Å². The highest BCUT2D eigenvalue weighted by molar-refractivity contribution is 7.80. The van der Waals surface area contributed by atoms with E-state index in [0.717, 1.165) is 5.01 Å². The predicted molar refractivity (Wildman–Crippen MR) is 62.8 cm³/mol. The van der Waals surface area contributed by atoms with Gasteiger partial charge in [-0.1, -0.05) is 5.22 Å². The molecule has 2 aliphatic rings. The van der Waals surface area contributed by atoms with Gasteiger partial charge in [0.15, 0.2) is 12.2 Å². The molecule has 3 amide bonds. The summed E-state index contributed by atoms with van der Waals surface area (Å²) in [4.78, 5) is 28.7. The number of amides is 3. The minimum Gasteiger partial charge on any atom is -0.353 e. The van der Waals surface area contributed by atoms with Gasteiger partial charge >= 0.3 is 6.03 Å². The molecular formula is C8H12N6O2S. The Bertz CT molecular complexity index is 397. The minimum absolute atomic E-state index is 0.279. The number of hydrogen-bond donors (Lipinski definition) is 2. The summed E-state index contributed by atoms with van der Waals surface area (Å²) in [7, 11) is 1.49. The van der Waals surface area contributed by atoms with Crippen molar-refractivity contribution in [2.45, 2.75) is 12.2 Å². The van der Waals surface area contributed by atoms with E-state index in [-0.39, 0.29) is 11.9 Å². The quantitative estimate of drug-likeness (QED) is 0.667. The van der Waals surface area contributed by atoms with Crippen molar-refractivity contribution in [1.82, 2.24) is 15.2 Å². The second-order valence-corrected chi connectivity index (χ2v) is 4.00.